The Morgan fingerprint density at radius 1 is 1.21 bits per heavy atom. The molecule has 19 heavy (non-hydrogen) atoms. The molecule has 0 fully saturated rings. The minimum absolute atomic E-state index is 0.248. The molecule has 1 heterocycles. The third kappa shape index (κ3) is 2.20. The maximum absolute atomic E-state index is 11.9. The van der Waals surface area contributed by atoms with E-state index in [2.05, 4.69) is 4.98 Å². The van der Waals surface area contributed by atoms with Crippen molar-refractivity contribution < 1.29 is 4.79 Å². The van der Waals surface area contributed by atoms with Crippen LogP contribution in [0.3, 0.4) is 0 Å². The minimum Gasteiger partial charge on any atom is -0.365 e. The van der Waals surface area contributed by atoms with E-state index in [-0.39, 0.29) is 5.56 Å². The van der Waals surface area contributed by atoms with Crippen molar-refractivity contribution in [1.29, 1.82) is 0 Å². The van der Waals surface area contributed by atoms with E-state index in [4.69, 9.17) is 5.73 Å². The summed E-state index contributed by atoms with van der Waals surface area (Å²) in [7, 11) is 0. The summed E-state index contributed by atoms with van der Waals surface area (Å²) in [5, 5.41) is 0. The van der Waals surface area contributed by atoms with E-state index < -0.39 is 17.2 Å². The van der Waals surface area contributed by atoms with Crippen LogP contribution < -0.4 is 17.0 Å². The number of hydrogen-bond donors (Lipinski definition) is 2. The average Bonchev–Trinajstić information content (AvgIpc) is 2.30. The van der Waals surface area contributed by atoms with Gasteiger partial charge in [-0.05, 0) is 25.0 Å². The molecule has 1 aromatic heterocycles. The molecule has 0 spiro atoms. The van der Waals surface area contributed by atoms with Gasteiger partial charge in [0.05, 0.1) is 5.69 Å². The quantitative estimate of drug-likeness (QED) is 0.808. The SMILES string of the molecule is Cc1cccc(C)c1-n1cc(C(N)=O)c(=O)[nH]c1=O. The maximum atomic E-state index is 11.9. The summed E-state index contributed by atoms with van der Waals surface area (Å²) in [5.74, 6) is -0.874. The number of rotatable bonds is 2. The van der Waals surface area contributed by atoms with E-state index in [1.807, 2.05) is 32.0 Å². The van der Waals surface area contributed by atoms with Crippen LogP contribution in [0.15, 0.2) is 34.0 Å². The van der Waals surface area contributed by atoms with Gasteiger partial charge in [-0.15, -0.1) is 0 Å². The molecule has 1 aromatic carbocycles. The lowest BCUT2D eigenvalue weighted by Crippen LogP contribution is -2.34. The van der Waals surface area contributed by atoms with Crippen molar-refractivity contribution in [2.75, 3.05) is 0 Å². The van der Waals surface area contributed by atoms with Crippen LogP contribution in [-0.2, 0) is 0 Å². The van der Waals surface area contributed by atoms with Gasteiger partial charge in [-0.25, -0.2) is 4.79 Å². The molecule has 0 saturated heterocycles. The van der Waals surface area contributed by atoms with Crippen molar-refractivity contribution in [1.82, 2.24) is 9.55 Å². The Bertz CT molecular complexity index is 751. The van der Waals surface area contributed by atoms with Crippen molar-refractivity contribution in [2.45, 2.75) is 13.8 Å². The van der Waals surface area contributed by atoms with Gasteiger partial charge in [-0.3, -0.25) is 19.1 Å². The number of H-pyrrole nitrogens is 1. The van der Waals surface area contributed by atoms with Crippen molar-refractivity contribution in [3.8, 4) is 5.69 Å². The third-order valence-corrected chi connectivity index (χ3v) is 2.89. The smallest absolute Gasteiger partial charge is 0.332 e. The first-order valence-corrected chi connectivity index (χ1v) is 5.64. The number of carbonyl (C=O) groups excluding carboxylic acids is 1. The molecule has 0 aliphatic heterocycles. The van der Waals surface area contributed by atoms with Gasteiger partial charge in [0.1, 0.15) is 5.56 Å². The van der Waals surface area contributed by atoms with E-state index in [1.54, 1.807) is 0 Å². The number of aromatic nitrogens is 2. The first kappa shape index (κ1) is 12.8. The number of para-hydroxylation sites is 1. The van der Waals surface area contributed by atoms with Gasteiger partial charge in [-0.1, -0.05) is 18.2 Å². The van der Waals surface area contributed by atoms with Gasteiger partial charge in [0.15, 0.2) is 0 Å². The molecule has 2 rings (SSSR count). The summed E-state index contributed by atoms with van der Waals surface area (Å²) in [6, 6.07) is 5.54. The maximum Gasteiger partial charge on any atom is 0.332 e. The van der Waals surface area contributed by atoms with E-state index in [0.29, 0.717) is 5.69 Å². The molecule has 98 valence electrons. The van der Waals surface area contributed by atoms with Crippen LogP contribution in [0.1, 0.15) is 21.5 Å². The molecule has 0 atom stereocenters. The third-order valence-electron chi connectivity index (χ3n) is 2.89. The zero-order valence-corrected chi connectivity index (χ0v) is 10.6. The predicted molar refractivity (Wildman–Crippen MR) is 70.7 cm³/mol. The fourth-order valence-electron chi connectivity index (χ4n) is 2.00. The largest absolute Gasteiger partial charge is 0.365 e. The van der Waals surface area contributed by atoms with Crippen molar-refractivity contribution >= 4 is 5.91 Å². The van der Waals surface area contributed by atoms with Crippen LogP contribution in [-0.4, -0.2) is 15.5 Å². The number of aromatic amines is 1. The van der Waals surface area contributed by atoms with E-state index in [9.17, 15) is 14.4 Å². The molecular weight excluding hydrogens is 246 g/mol. The fraction of sp³-hybridized carbons (Fsp3) is 0.154. The summed E-state index contributed by atoms with van der Waals surface area (Å²) in [4.78, 5) is 36.6. The molecule has 6 nitrogen and oxygen atoms in total. The van der Waals surface area contributed by atoms with Gasteiger partial charge >= 0.3 is 5.69 Å². The molecule has 0 saturated carbocycles. The fourth-order valence-corrected chi connectivity index (χ4v) is 2.00. The lowest BCUT2D eigenvalue weighted by molar-refractivity contribution is 0.0998. The molecule has 0 aliphatic rings. The van der Waals surface area contributed by atoms with Crippen molar-refractivity contribution in [2.24, 2.45) is 5.73 Å². The van der Waals surface area contributed by atoms with Gasteiger partial charge in [-0.2, -0.15) is 0 Å². The zero-order valence-electron chi connectivity index (χ0n) is 10.6. The number of nitrogens with zero attached hydrogens (tertiary/aromatic N) is 1. The topological polar surface area (TPSA) is 97.9 Å². The number of hydrogen-bond acceptors (Lipinski definition) is 3. The summed E-state index contributed by atoms with van der Waals surface area (Å²) in [6.07, 6.45) is 1.18. The van der Waals surface area contributed by atoms with Crippen LogP contribution in [0, 0.1) is 13.8 Å². The normalized spacial score (nSPS) is 10.4. The Morgan fingerprint density at radius 2 is 1.79 bits per heavy atom. The minimum atomic E-state index is -0.874. The Balaban J connectivity index is 2.84. The summed E-state index contributed by atoms with van der Waals surface area (Å²) < 4.78 is 1.23. The highest BCUT2D eigenvalue weighted by Crippen LogP contribution is 2.16. The molecule has 6 heteroatoms. The molecular formula is C13H13N3O3. The number of benzene rings is 1. The first-order valence-electron chi connectivity index (χ1n) is 5.64. The summed E-state index contributed by atoms with van der Waals surface area (Å²) >= 11 is 0. The van der Waals surface area contributed by atoms with E-state index >= 15 is 0 Å². The number of nitrogens with two attached hydrogens (primary N) is 1. The van der Waals surface area contributed by atoms with Crippen molar-refractivity contribution in [3.63, 3.8) is 0 Å². The summed E-state index contributed by atoms with van der Waals surface area (Å²) in [6.45, 7) is 3.67. The van der Waals surface area contributed by atoms with Crippen LogP contribution in [0.2, 0.25) is 0 Å². The Hall–Kier alpha value is -2.63. The highest BCUT2D eigenvalue weighted by molar-refractivity contribution is 5.92. The summed E-state index contributed by atoms with van der Waals surface area (Å²) in [5.41, 5.74) is 5.82. The highest BCUT2D eigenvalue weighted by Gasteiger charge is 2.13. The standard InChI is InChI=1S/C13H13N3O3/c1-7-4-3-5-8(2)10(7)16-6-9(11(14)17)12(18)15-13(16)19/h3-6H,1-2H3,(H2,14,17)(H,15,18,19). The lowest BCUT2D eigenvalue weighted by atomic mass is 10.1. The van der Waals surface area contributed by atoms with Gasteiger partial charge in [0, 0.05) is 6.20 Å². The second-order valence-corrected chi connectivity index (χ2v) is 4.28. The number of primary amides is 1. The van der Waals surface area contributed by atoms with Crippen LogP contribution >= 0.6 is 0 Å². The zero-order chi connectivity index (χ0) is 14.2. The van der Waals surface area contributed by atoms with Crippen LogP contribution in [0.5, 0.6) is 0 Å². The average molecular weight is 259 g/mol. The van der Waals surface area contributed by atoms with Crippen LogP contribution in [0.4, 0.5) is 0 Å². The second-order valence-electron chi connectivity index (χ2n) is 4.28. The highest BCUT2D eigenvalue weighted by atomic mass is 16.2. The molecule has 2 aromatic rings. The molecule has 1 amide bonds. The predicted octanol–water partition coefficient (Wildman–Crippen LogP) is 0.242. The van der Waals surface area contributed by atoms with E-state index in [1.165, 1.54) is 10.8 Å². The molecule has 0 unspecified atom stereocenters. The molecule has 0 aliphatic carbocycles. The van der Waals surface area contributed by atoms with E-state index in [0.717, 1.165) is 11.1 Å². The Labute approximate surface area is 108 Å². The number of amides is 1. The lowest BCUT2D eigenvalue weighted by Gasteiger charge is -2.12. The van der Waals surface area contributed by atoms with Gasteiger partial charge < -0.3 is 5.73 Å². The molecule has 3 N–H and O–H groups in total. The van der Waals surface area contributed by atoms with Gasteiger partial charge in [0.2, 0.25) is 0 Å². The molecule has 0 bridgehead atoms. The Kier molecular flexibility index (Phi) is 3.08. The van der Waals surface area contributed by atoms with Crippen molar-refractivity contribution in [3.05, 3.63) is 61.9 Å². The first-order chi connectivity index (χ1) is 8.91. The number of aryl methyl sites for hydroxylation is 2. The number of carbonyl (C=O) groups is 1. The van der Waals surface area contributed by atoms with Crippen LogP contribution in [0.25, 0.3) is 5.69 Å². The molecule has 0 radical (unpaired) electrons. The Morgan fingerprint density at radius 3 is 2.32 bits per heavy atom. The number of nitrogens with one attached hydrogen (secondary N) is 1. The second kappa shape index (κ2) is 4.56. The van der Waals surface area contributed by atoms with Gasteiger partial charge in [0.25, 0.3) is 11.5 Å². The monoisotopic (exact) mass is 259 g/mol.